The van der Waals surface area contributed by atoms with Crippen LogP contribution >= 0.6 is 27.5 Å². The number of hydrogen-bond donors (Lipinski definition) is 0. The van der Waals surface area contributed by atoms with Crippen molar-refractivity contribution in [2.24, 2.45) is 0 Å². The number of benzene rings is 1. The Kier molecular flexibility index (Phi) is 3.20. The molecule has 7 heteroatoms. The normalized spacial score (nSPS) is 10.8. The second kappa shape index (κ2) is 4.47. The van der Waals surface area contributed by atoms with Crippen LogP contribution in [0.4, 0.5) is 8.78 Å². The van der Waals surface area contributed by atoms with E-state index in [-0.39, 0.29) is 23.2 Å². The third kappa shape index (κ3) is 2.08. The Morgan fingerprint density at radius 1 is 1.31 bits per heavy atom. The van der Waals surface area contributed by atoms with E-state index < -0.39 is 11.6 Å². The van der Waals surface area contributed by atoms with Crippen molar-refractivity contribution < 1.29 is 13.3 Å². The fourth-order valence-electron chi connectivity index (χ4n) is 1.16. The lowest BCUT2D eigenvalue weighted by Gasteiger charge is -2.00. The third-order valence-corrected chi connectivity index (χ3v) is 2.51. The molecule has 0 spiro atoms. The highest BCUT2D eigenvalue weighted by Gasteiger charge is 2.18. The molecular weight excluding hydrogens is 305 g/mol. The molecule has 1 heterocycles. The van der Waals surface area contributed by atoms with Crippen LogP contribution in [-0.2, 0) is 5.88 Å². The summed E-state index contributed by atoms with van der Waals surface area (Å²) in [5, 5.41) is 3.45. The van der Waals surface area contributed by atoms with Crippen LogP contribution in [0.3, 0.4) is 0 Å². The number of nitrogens with zero attached hydrogens (tertiary/aromatic N) is 2. The van der Waals surface area contributed by atoms with Gasteiger partial charge in [-0.25, -0.2) is 8.78 Å². The number of rotatable bonds is 2. The second-order valence-corrected chi connectivity index (χ2v) is 4.08. The molecule has 0 saturated carbocycles. The molecule has 16 heavy (non-hydrogen) atoms. The van der Waals surface area contributed by atoms with Crippen LogP contribution in [0.2, 0.25) is 0 Å². The summed E-state index contributed by atoms with van der Waals surface area (Å²) >= 11 is 8.42. The Hall–Kier alpha value is -1.01. The minimum Gasteiger partial charge on any atom is -0.334 e. The first-order valence-corrected chi connectivity index (χ1v) is 5.48. The fourth-order valence-corrected chi connectivity index (χ4v) is 1.67. The van der Waals surface area contributed by atoms with Crippen molar-refractivity contribution in [3.05, 3.63) is 34.1 Å². The summed E-state index contributed by atoms with van der Waals surface area (Å²) in [4.78, 5) is 3.75. The van der Waals surface area contributed by atoms with Crippen LogP contribution in [0.1, 0.15) is 5.82 Å². The Morgan fingerprint density at radius 3 is 2.44 bits per heavy atom. The summed E-state index contributed by atoms with van der Waals surface area (Å²) in [7, 11) is 0. The van der Waals surface area contributed by atoms with Gasteiger partial charge in [-0.3, -0.25) is 0 Å². The van der Waals surface area contributed by atoms with Crippen LogP contribution in [0, 0.1) is 11.6 Å². The maximum absolute atomic E-state index is 13.5. The molecule has 0 fully saturated rings. The molecule has 0 saturated heterocycles. The topological polar surface area (TPSA) is 38.9 Å². The molecule has 1 aromatic heterocycles. The van der Waals surface area contributed by atoms with E-state index in [0.717, 1.165) is 12.1 Å². The number of halogens is 4. The van der Waals surface area contributed by atoms with Crippen LogP contribution in [0.25, 0.3) is 11.5 Å². The molecule has 0 unspecified atom stereocenters. The highest BCUT2D eigenvalue weighted by Crippen LogP contribution is 2.27. The second-order valence-electron chi connectivity index (χ2n) is 2.89. The van der Waals surface area contributed by atoms with E-state index in [9.17, 15) is 8.78 Å². The highest BCUT2D eigenvalue weighted by molar-refractivity contribution is 9.10. The minimum atomic E-state index is -0.781. The lowest BCUT2D eigenvalue weighted by molar-refractivity contribution is 0.419. The Bertz CT molecular complexity index is 509. The van der Waals surface area contributed by atoms with E-state index in [1.54, 1.807) is 0 Å². The Balaban J connectivity index is 2.55. The van der Waals surface area contributed by atoms with E-state index >= 15 is 0 Å². The van der Waals surface area contributed by atoms with E-state index in [1.165, 1.54) is 0 Å². The van der Waals surface area contributed by atoms with Gasteiger partial charge in [0.1, 0.15) is 17.2 Å². The van der Waals surface area contributed by atoms with E-state index in [2.05, 4.69) is 26.1 Å². The van der Waals surface area contributed by atoms with Crippen molar-refractivity contribution in [2.75, 3.05) is 0 Å². The summed E-state index contributed by atoms with van der Waals surface area (Å²) < 4.78 is 32.0. The largest absolute Gasteiger partial charge is 0.334 e. The zero-order valence-electron chi connectivity index (χ0n) is 7.68. The van der Waals surface area contributed by atoms with Gasteiger partial charge in [0.15, 0.2) is 5.82 Å². The van der Waals surface area contributed by atoms with Gasteiger partial charge >= 0.3 is 0 Å². The van der Waals surface area contributed by atoms with E-state index in [4.69, 9.17) is 16.1 Å². The summed E-state index contributed by atoms with van der Waals surface area (Å²) in [6, 6.07) is 2.23. The molecule has 2 aromatic rings. The number of aromatic nitrogens is 2. The van der Waals surface area contributed by atoms with Gasteiger partial charge in [-0.05, 0) is 12.1 Å². The average Bonchev–Trinajstić information content (AvgIpc) is 2.64. The van der Waals surface area contributed by atoms with Crippen LogP contribution in [0.5, 0.6) is 0 Å². The van der Waals surface area contributed by atoms with Gasteiger partial charge < -0.3 is 4.52 Å². The number of hydrogen-bond acceptors (Lipinski definition) is 3. The fraction of sp³-hybridized carbons (Fsp3) is 0.111. The van der Waals surface area contributed by atoms with Crippen LogP contribution in [0.15, 0.2) is 21.1 Å². The molecule has 0 aliphatic heterocycles. The Labute approximate surface area is 103 Å². The zero-order valence-corrected chi connectivity index (χ0v) is 10.0. The van der Waals surface area contributed by atoms with Gasteiger partial charge in [0.05, 0.1) is 5.88 Å². The molecule has 2 rings (SSSR count). The minimum absolute atomic E-state index is 0.0171. The quantitative estimate of drug-likeness (QED) is 0.797. The smallest absolute Gasteiger partial charge is 0.263 e. The standard InChI is InChI=1S/C9H4BrClF2N2O/c10-4-1-5(12)8(6(13)2-4)9-14-7(3-11)15-16-9/h1-2H,3H2. The first-order chi connectivity index (χ1) is 7.61. The van der Waals surface area contributed by atoms with E-state index in [0.29, 0.717) is 4.47 Å². The van der Waals surface area contributed by atoms with Crippen molar-refractivity contribution >= 4 is 27.5 Å². The van der Waals surface area contributed by atoms with Gasteiger partial charge in [-0.1, -0.05) is 21.1 Å². The SMILES string of the molecule is Fc1cc(Br)cc(F)c1-c1nc(CCl)no1. The molecule has 84 valence electrons. The molecule has 0 aliphatic rings. The van der Waals surface area contributed by atoms with Crippen LogP contribution < -0.4 is 0 Å². The van der Waals surface area contributed by atoms with Gasteiger partial charge in [-0.2, -0.15) is 4.98 Å². The van der Waals surface area contributed by atoms with Gasteiger partial charge in [-0.15, -0.1) is 11.6 Å². The summed E-state index contributed by atoms with van der Waals surface area (Å²) in [5.74, 6) is -1.59. The van der Waals surface area contributed by atoms with Crippen LogP contribution in [-0.4, -0.2) is 10.1 Å². The third-order valence-electron chi connectivity index (χ3n) is 1.81. The average molecular weight is 309 g/mol. The van der Waals surface area contributed by atoms with Gasteiger partial charge in [0.25, 0.3) is 5.89 Å². The Morgan fingerprint density at radius 2 is 1.94 bits per heavy atom. The highest BCUT2D eigenvalue weighted by atomic mass is 79.9. The first kappa shape index (κ1) is 11.5. The molecule has 0 N–H and O–H groups in total. The molecule has 3 nitrogen and oxygen atoms in total. The summed E-state index contributed by atoms with van der Waals surface area (Å²) in [6.07, 6.45) is 0. The monoisotopic (exact) mass is 308 g/mol. The van der Waals surface area contributed by atoms with Gasteiger partial charge in [0.2, 0.25) is 0 Å². The van der Waals surface area contributed by atoms with Crippen molar-refractivity contribution in [1.82, 2.24) is 10.1 Å². The summed E-state index contributed by atoms with van der Waals surface area (Å²) in [6.45, 7) is 0. The molecule has 1 aromatic carbocycles. The lowest BCUT2D eigenvalue weighted by Crippen LogP contribution is -1.91. The molecule has 0 atom stereocenters. The van der Waals surface area contributed by atoms with Crippen molar-refractivity contribution in [3.63, 3.8) is 0 Å². The first-order valence-electron chi connectivity index (χ1n) is 4.15. The molecule has 0 bridgehead atoms. The molecule has 0 amide bonds. The van der Waals surface area contributed by atoms with Crippen molar-refractivity contribution in [3.8, 4) is 11.5 Å². The zero-order chi connectivity index (χ0) is 11.7. The predicted octanol–water partition coefficient (Wildman–Crippen LogP) is 3.52. The molecule has 0 aliphatic carbocycles. The molecule has 0 radical (unpaired) electrons. The van der Waals surface area contributed by atoms with Gasteiger partial charge in [0, 0.05) is 4.47 Å². The van der Waals surface area contributed by atoms with Crippen molar-refractivity contribution in [2.45, 2.75) is 5.88 Å². The van der Waals surface area contributed by atoms with E-state index in [1.807, 2.05) is 0 Å². The van der Waals surface area contributed by atoms with Crippen molar-refractivity contribution in [1.29, 1.82) is 0 Å². The number of alkyl halides is 1. The maximum Gasteiger partial charge on any atom is 0.263 e. The summed E-state index contributed by atoms with van der Waals surface area (Å²) in [5.41, 5.74) is -0.355. The maximum atomic E-state index is 13.5. The lowest BCUT2D eigenvalue weighted by atomic mass is 10.2. The predicted molar refractivity (Wildman–Crippen MR) is 56.9 cm³/mol. The molecular formula is C9H4BrClF2N2O.